The highest BCUT2D eigenvalue weighted by Crippen LogP contribution is 2.27. The maximum Gasteiger partial charge on any atom is 0.252 e. The summed E-state index contributed by atoms with van der Waals surface area (Å²) in [6.45, 7) is 4.11. The van der Waals surface area contributed by atoms with Crippen molar-refractivity contribution in [3.63, 3.8) is 0 Å². The van der Waals surface area contributed by atoms with Crippen LogP contribution in [0.15, 0.2) is 27.7 Å². The van der Waals surface area contributed by atoms with Crippen LogP contribution >= 0.6 is 23.2 Å². The molecule has 1 N–H and O–H groups in total. The summed E-state index contributed by atoms with van der Waals surface area (Å²) in [5.41, 5.74) is 3.59. The molecule has 0 atom stereocenters. The van der Waals surface area contributed by atoms with Gasteiger partial charge in [0.15, 0.2) is 0 Å². The summed E-state index contributed by atoms with van der Waals surface area (Å²) in [7, 11) is 0. The standard InChI is InChI=1S/C16H16Cl2N4O/c1-3-10(4-2)15-21-14(8-19)16(23-15)22-20-9-11-5-6-12(17)7-13(11)18/h5-7,9-10,22H,3-4H2,1-2H3. The molecule has 120 valence electrons. The predicted molar refractivity (Wildman–Crippen MR) is 92.2 cm³/mol. The van der Waals surface area contributed by atoms with E-state index in [1.54, 1.807) is 18.2 Å². The summed E-state index contributed by atoms with van der Waals surface area (Å²) < 4.78 is 5.62. The molecular formula is C16H16Cl2N4O. The zero-order valence-corrected chi connectivity index (χ0v) is 14.3. The van der Waals surface area contributed by atoms with E-state index in [2.05, 4.69) is 29.4 Å². The first-order valence-electron chi connectivity index (χ1n) is 7.23. The number of rotatable bonds is 6. The Bertz CT molecular complexity index is 745. The van der Waals surface area contributed by atoms with Gasteiger partial charge in [0.25, 0.3) is 5.88 Å². The summed E-state index contributed by atoms with van der Waals surface area (Å²) >= 11 is 11.9. The molecule has 0 aliphatic rings. The lowest BCUT2D eigenvalue weighted by atomic mass is 10.0. The Hall–Kier alpha value is -2.03. The third-order valence-corrected chi connectivity index (χ3v) is 3.98. The van der Waals surface area contributed by atoms with Gasteiger partial charge in [0.2, 0.25) is 11.6 Å². The maximum atomic E-state index is 9.15. The second-order valence-corrected chi connectivity index (χ2v) is 5.73. The Balaban J connectivity index is 2.16. The first-order valence-corrected chi connectivity index (χ1v) is 7.99. The molecule has 2 aromatic rings. The van der Waals surface area contributed by atoms with Gasteiger partial charge in [-0.25, -0.2) is 10.4 Å². The Morgan fingerprint density at radius 3 is 2.74 bits per heavy atom. The molecule has 0 bridgehead atoms. The Morgan fingerprint density at radius 1 is 1.39 bits per heavy atom. The average molecular weight is 351 g/mol. The molecule has 23 heavy (non-hydrogen) atoms. The zero-order valence-electron chi connectivity index (χ0n) is 12.8. The van der Waals surface area contributed by atoms with Crippen LogP contribution in [0.2, 0.25) is 10.0 Å². The van der Waals surface area contributed by atoms with Crippen molar-refractivity contribution in [2.75, 3.05) is 5.43 Å². The van der Waals surface area contributed by atoms with E-state index >= 15 is 0 Å². The maximum absolute atomic E-state index is 9.15. The van der Waals surface area contributed by atoms with Crippen molar-refractivity contribution in [2.45, 2.75) is 32.6 Å². The van der Waals surface area contributed by atoms with E-state index in [0.717, 1.165) is 12.8 Å². The lowest BCUT2D eigenvalue weighted by molar-refractivity contribution is 0.439. The fourth-order valence-corrected chi connectivity index (χ4v) is 2.52. The molecule has 1 aromatic heterocycles. The molecule has 0 amide bonds. The van der Waals surface area contributed by atoms with Crippen molar-refractivity contribution in [1.82, 2.24) is 4.98 Å². The molecular weight excluding hydrogens is 335 g/mol. The highest BCUT2D eigenvalue weighted by atomic mass is 35.5. The molecule has 7 heteroatoms. The Morgan fingerprint density at radius 2 is 2.13 bits per heavy atom. The van der Waals surface area contributed by atoms with Crippen molar-refractivity contribution in [2.24, 2.45) is 5.10 Å². The number of hydrogen-bond donors (Lipinski definition) is 1. The van der Waals surface area contributed by atoms with Gasteiger partial charge >= 0.3 is 0 Å². The van der Waals surface area contributed by atoms with Crippen molar-refractivity contribution < 1.29 is 4.42 Å². The van der Waals surface area contributed by atoms with Gasteiger partial charge in [-0.15, -0.1) is 0 Å². The molecule has 0 aliphatic carbocycles. The van der Waals surface area contributed by atoms with Crippen molar-refractivity contribution in [1.29, 1.82) is 5.26 Å². The zero-order chi connectivity index (χ0) is 16.8. The SMILES string of the molecule is CCC(CC)c1nc(C#N)c(NN=Cc2ccc(Cl)cc2Cl)o1. The van der Waals surface area contributed by atoms with Crippen molar-refractivity contribution in [3.8, 4) is 6.07 Å². The van der Waals surface area contributed by atoms with Crippen LogP contribution in [0.5, 0.6) is 0 Å². The smallest absolute Gasteiger partial charge is 0.252 e. The molecule has 1 aromatic carbocycles. The predicted octanol–water partition coefficient (Wildman–Crippen LogP) is 5.20. The fraction of sp³-hybridized carbons (Fsp3) is 0.312. The van der Waals surface area contributed by atoms with Crippen LogP contribution in [-0.2, 0) is 0 Å². The number of hydrogen-bond acceptors (Lipinski definition) is 5. The summed E-state index contributed by atoms with van der Waals surface area (Å²) in [6, 6.07) is 7.10. The molecule has 0 saturated heterocycles. The molecule has 0 aliphatic heterocycles. The van der Waals surface area contributed by atoms with E-state index in [9.17, 15) is 0 Å². The van der Waals surface area contributed by atoms with Gasteiger partial charge in [-0.1, -0.05) is 43.1 Å². The van der Waals surface area contributed by atoms with E-state index in [0.29, 0.717) is 21.5 Å². The molecule has 0 saturated carbocycles. The van der Waals surface area contributed by atoms with E-state index in [4.69, 9.17) is 32.9 Å². The molecule has 0 spiro atoms. The molecule has 5 nitrogen and oxygen atoms in total. The number of anilines is 1. The number of aromatic nitrogens is 1. The molecule has 2 rings (SSSR count). The largest absolute Gasteiger partial charge is 0.422 e. The van der Waals surface area contributed by atoms with Gasteiger partial charge in [0.1, 0.15) is 6.07 Å². The van der Waals surface area contributed by atoms with E-state index in [1.165, 1.54) is 6.21 Å². The van der Waals surface area contributed by atoms with E-state index in [-0.39, 0.29) is 17.5 Å². The monoisotopic (exact) mass is 350 g/mol. The molecule has 0 fully saturated rings. The number of nitrogens with one attached hydrogen (secondary N) is 1. The van der Waals surface area contributed by atoms with Crippen molar-refractivity contribution in [3.05, 3.63) is 45.4 Å². The minimum atomic E-state index is 0.186. The highest BCUT2D eigenvalue weighted by molar-refractivity contribution is 6.36. The topological polar surface area (TPSA) is 74.2 Å². The second-order valence-electron chi connectivity index (χ2n) is 4.89. The minimum absolute atomic E-state index is 0.186. The van der Waals surface area contributed by atoms with Gasteiger partial charge in [0.05, 0.1) is 11.2 Å². The average Bonchev–Trinajstić information content (AvgIpc) is 2.94. The molecule has 0 unspecified atom stereocenters. The van der Waals surface area contributed by atoms with Crippen LogP contribution in [0.3, 0.4) is 0 Å². The van der Waals surface area contributed by atoms with Gasteiger partial charge in [-0.2, -0.15) is 10.4 Å². The van der Waals surface area contributed by atoms with Crippen LogP contribution < -0.4 is 5.43 Å². The minimum Gasteiger partial charge on any atom is -0.422 e. The van der Waals surface area contributed by atoms with Crippen LogP contribution in [0.4, 0.5) is 5.88 Å². The Labute approximate surface area is 144 Å². The summed E-state index contributed by atoms with van der Waals surface area (Å²) in [6.07, 6.45) is 3.31. The number of oxazole rings is 1. The lowest BCUT2D eigenvalue weighted by Gasteiger charge is -2.05. The molecule has 0 radical (unpaired) electrons. The van der Waals surface area contributed by atoms with Crippen LogP contribution in [-0.4, -0.2) is 11.2 Å². The van der Waals surface area contributed by atoms with Crippen LogP contribution in [0.25, 0.3) is 0 Å². The van der Waals surface area contributed by atoms with Gasteiger partial charge in [-0.05, 0) is 25.0 Å². The quantitative estimate of drug-likeness (QED) is 0.573. The lowest BCUT2D eigenvalue weighted by Crippen LogP contribution is -1.95. The summed E-state index contributed by atoms with van der Waals surface area (Å²) in [5.74, 6) is 0.969. The van der Waals surface area contributed by atoms with Gasteiger partial charge in [0, 0.05) is 16.5 Å². The summed E-state index contributed by atoms with van der Waals surface area (Å²) in [4.78, 5) is 4.22. The number of halogens is 2. The van der Waals surface area contributed by atoms with Crippen LogP contribution in [0.1, 0.15) is 49.8 Å². The summed E-state index contributed by atoms with van der Waals surface area (Å²) in [5, 5.41) is 14.2. The normalized spacial score (nSPS) is 11.1. The van der Waals surface area contributed by atoms with Gasteiger partial charge < -0.3 is 4.42 Å². The van der Waals surface area contributed by atoms with E-state index < -0.39 is 0 Å². The second kappa shape index (κ2) is 8.00. The third-order valence-electron chi connectivity index (χ3n) is 3.42. The fourth-order valence-electron chi connectivity index (χ4n) is 2.07. The first-order chi connectivity index (χ1) is 11.1. The number of hydrazone groups is 1. The van der Waals surface area contributed by atoms with Crippen molar-refractivity contribution >= 4 is 35.3 Å². The van der Waals surface area contributed by atoms with Crippen LogP contribution in [0, 0.1) is 11.3 Å². The number of benzene rings is 1. The Kier molecular flexibility index (Phi) is 6.03. The highest BCUT2D eigenvalue weighted by Gasteiger charge is 2.18. The first kappa shape index (κ1) is 17.3. The molecule has 1 heterocycles. The number of nitriles is 1. The van der Waals surface area contributed by atoms with E-state index in [1.807, 2.05) is 6.07 Å². The third kappa shape index (κ3) is 4.25. The van der Waals surface area contributed by atoms with Gasteiger partial charge in [-0.3, -0.25) is 0 Å². The number of nitrogens with zero attached hydrogens (tertiary/aromatic N) is 3.